The lowest BCUT2D eigenvalue weighted by Crippen LogP contribution is -2.58. The molecular formula is C24H28N4O3. The molecule has 0 spiro atoms. The molecule has 7 heteroatoms. The summed E-state index contributed by atoms with van der Waals surface area (Å²) in [5.74, 6) is -0.452. The molecular weight excluding hydrogens is 392 g/mol. The lowest BCUT2D eigenvalue weighted by atomic mass is 9.83. The summed E-state index contributed by atoms with van der Waals surface area (Å²) in [5, 5.41) is 1.63. The highest BCUT2D eigenvalue weighted by molar-refractivity contribution is 6.01. The van der Waals surface area contributed by atoms with Crippen LogP contribution in [0.2, 0.25) is 0 Å². The molecule has 2 fully saturated rings. The number of amides is 2. The zero-order valence-corrected chi connectivity index (χ0v) is 17.7. The van der Waals surface area contributed by atoms with Gasteiger partial charge in [0, 0.05) is 39.0 Å². The predicted molar refractivity (Wildman–Crippen MR) is 119 cm³/mol. The Morgan fingerprint density at radius 3 is 2.68 bits per heavy atom. The van der Waals surface area contributed by atoms with E-state index in [-0.39, 0.29) is 29.7 Å². The number of carbonyl (C=O) groups excluding carboxylic acids is 2. The van der Waals surface area contributed by atoms with E-state index in [1.165, 1.54) is 5.56 Å². The maximum atomic E-state index is 13.8. The van der Waals surface area contributed by atoms with Crippen molar-refractivity contribution < 1.29 is 14.3 Å². The van der Waals surface area contributed by atoms with Crippen LogP contribution in [0.5, 0.6) is 0 Å². The molecule has 3 heterocycles. The Morgan fingerprint density at radius 2 is 1.87 bits per heavy atom. The average Bonchev–Trinajstić information content (AvgIpc) is 3.39. The van der Waals surface area contributed by atoms with Crippen molar-refractivity contribution in [3.05, 3.63) is 60.2 Å². The monoisotopic (exact) mass is 420 g/mol. The number of hydrogen-bond acceptors (Lipinski definition) is 5. The summed E-state index contributed by atoms with van der Waals surface area (Å²) < 4.78 is 5.27. The van der Waals surface area contributed by atoms with Crippen molar-refractivity contribution >= 4 is 23.2 Å². The number of para-hydroxylation sites is 2. The molecule has 7 nitrogen and oxygen atoms in total. The molecule has 3 atom stereocenters. The van der Waals surface area contributed by atoms with Gasteiger partial charge < -0.3 is 9.64 Å². The van der Waals surface area contributed by atoms with Crippen molar-refractivity contribution in [2.45, 2.75) is 12.5 Å². The van der Waals surface area contributed by atoms with E-state index in [1.54, 1.807) is 12.1 Å². The quantitative estimate of drug-likeness (QED) is 0.798. The van der Waals surface area contributed by atoms with Gasteiger partial charge in [0.2, 0.25) is 11.8 Å². The number of likely N-dealkylation sites (tertiary alicyclic amines) is 1. The van der Waals surface area contributed by atoms with Crippen LogP contribution in [0.15, 0.2) is 54.6 Å². The number of benzene rings is 2. The van der Waals surface area contributed by atoms with Gasteiger partial charge in [0.15, 0.2) is 0 Å². The first kappa shape index (κ1) is 20.2. The molecule has 31 heavy (non-hydrogen) atoms. The molecule has 2 saturated heterocycles. The number of piperidine rings is 1. The molecule has 162 valence electrons. The molecule has 3 unspecified atom stereocenters. The average molecular weight is 421 g/mol. The SMILES string of the molecule is COCCN1CC(C(=O)N2CCc3ccccc32)C2NN(c3ccccc3)C(=O)C2C1. The summed E-state index contributed by atoms with van der Waals surface area (Å²) in [6, 6.07) is 17.5. The normalized spacial score (nSPS) is 25.6. The number of nitrogens with zero attached hydrogens (tertiary/aromatic N) is 3. The smallest absolute Gasteiger partial charge is 0.247 e. The summed E-state index contributed by atoms with van der Waals surface area (Å²) in [7, 11) is 1.68. The Morgan fingerprint density at radius 1 is 1.10 bits per heavy atom. The van der Waals surface area contributed by atoms with Crippen molar-refractivity contribution in [1.82, 2.24) is 10.3 Å². The van der Waals surface area contributed by atoms with Gasteiger partial charge in [-0.15, -0.1) is 0 Å². The first-order valence-electron chi connectivity index (χ1n) is 10.9. The highest BCUT2D eigenvalue weighted by atomic mass is 16.5. The van der Waals surface area contributed by atoms with Gasteiger partial charge in [-0.2, -0.15) is 0 Å². The van der Waals surface area contributed by atoms with Crippen LogP contribution < -0.4 is 15.3 Å². The summed E-state index contributed by atoms with van der Waals surface area (Å²) in [6.07, 6.45) is 0.874. The van der Waals surface area contributed by atoms with Crippen LogP contribution in [0, 0.1) is 11.8 Å². The Hall–Kier alpha value is -2.74. The maximum Gasteiger partial charge on any atom is 0.247 e. The summed E-state index contributed by atoms with van der Waals surface area (Å²) in [4.78, 5) is 31.2. The zero-order valence-electron chi connectivity index (χ0n) is 17.7. The minimum absolute atomic E-state index is 0.0259. The van der Waals surface area contributed by atoms with Crippen LogP contribution in [0.1, 0.15) is 5.56 Å². The second-order valence-corrected chi connectivity index (χ2v) is 8.50. The van der Waals surface area contributed by atoms with Crippen LogP contribution in [-0.4, -0.2) is 62.7 Å². The molecule has 5 rings (SSSR count). The molecule has 3 aliphatic heterocycles. The fraction of sp³-hybridized carbons (Fsp3) is 0.417. The number of nitrogens with one attached hydrogen (secondary N) is 1. The van der Waals surface area contributed by atoms with Crippen molar-refractivity contribution in [2.24, 2.45) is 11.8 Å². The van der Waals surface area contributed by atoms with Gasteiger partial charge in [-0.3, -0.25) is 14.5 Å². The fourth-order valence-electron chi connectivity index (χ4n) is 5.11. The third kappa shape index (κ3) is 3.63. The van der Waals surface area contributed by atoms with E-state index in [9.17, 15) is 9.59 Å². The van der Waals surface area contributed by atoms with E-state index >= 15 is 0 Å². The number of anilines is 2. The zero-order chi connectivity index (χ0) is 21.4. The van der Waals surface area contributed by atoms with Crippen molar-refractivity contribution in [3.63, 3.8) is 0 Å². The lowest BCUT2D eigenvalue weighted by Gasteiger charge is -2.39. The molecule has 2 aromatic rings. The van der Waals surface area contributed by atoms with Gasteiger partial charge in [0.1, 0.15) is 0 Å². The molecule has 0 aliphatic carbocycles. The number of rotatable bonds is 5. The third-order valence-corrected chi connectivity index (χ3v) is 6.69. The van der Waals surface area contributed by atoms with E-state index in [2.05, 4.69) is 16.4 Å². The number of hydrazine groups is 1. The Bertz CT molecular complexity index is 966. The summed E-state index contributed by atoms with van der Waals surface area (Å²) in [6.45, 7) is 3.22. The highest BCUT2D eigenvalue weighted by Crippen LogP contribution is 2.35. The lowest BCUT2D eigenvalue weighted by molar-refractivity contribution is -0.127. The number of carbonyl (C=O) groups is 2. The van der Waals surface area contributed by atoms with Crippen molar-refractivity contribution in [1.29, 1.82) is 0 Å². The van der Waals surface area contributed by atoms with Gasteiger partial charge in [-0.1, -0.05) is 36.4 Å². The fourth-order valence-corrected chi connectivity index (χ4v) is 5.11. The van der Waals surface area contributed by atoms with E-state index in [0.717, 1.165) is 17.8 Å². The van der Waals surface area contributed by atoms with Gasteiger partial charge in [0.25, 0.3) is 0 Å². The van der Waals surface area contributed by atoms with Gasteiger partial charge in [-0.05, 0) is 30.2 Å². The number of hydrogen-bond donors (Lipinski definition) is 1. The van der Waals surface area contributed by atoms with Gasteiger partial charge in [-0.25, -0.2) is 10.4 Å². The summed E-state index contributed by atoms with van der Waals surface area (Å²) in [5.41, 5.74) is 6.41. The molecule has 0 bridgehead atoms. The second kappa shape index (κ2) is 8.42. The highest BCUT2D eigenvalue weighted by Gasteiger charge is 2.51. The number of methoxy groups -OCH3 is 1. The minimum Gasteiger partial charge on any atom is -0.383 e. The Balaban J connectivity index is 1.44. The van der Waals surface area contributed by atoms with Crippen LogP contribution in [0.4, 0.5) is 11.4 Å². The second-order valence-electron chi connectivity index (χ2n) is 8.50. The maximum absolute atomic E-state index is 13.8. The first-order valence-corrected chi connectivity index (χ1v) is 10.9. The third-order valence-electron chi connectivity index (χ3n) is 6.69. The first-order chi connectivity index (χ1) is 15.2. The Labute approximate surface area is 182 Å². The standard InChI is InChI=1S/C24H28N4O3/c1-31-14-13-26-15-19(23(29)27-12-11-17-7-5-6-10-21(17)27)22-20(16-26)24(30)28(25-22)18-8-3-2-4-9-18/h2-10,19-20,22,25H,11-16H2,1H3. The molecule has 2 aromatic carbocycles. The number of ether oxygens (including phenoxy) is 1. The van der Waals surface area contributed by atoms with Crippen LogP contribution >= 0.6 is 0 Å². The topological polar surface area (TPSA) is 65.1 Å². The van der Waals surface area contributed by atoms with E-state index in [0.29, 0.717) is 32.8 Å². The van der Waals surface area contributed by atoms with Crippen LogP contribution in [0.25, 0.3) is 0 Å². The van der Waals surface area contributed by atoms with Gasteiger partial charge in [0.05, 0.1) is 30.2 Å². The van der Waals surface area contributed by atoms with Crippen LogP contribution in [0.3, 0.4) is 0 Å². The predicted octanol–water partition coefficient (Wildman–Crippen LogP) is 1.69. The molecule has 2 amide bonds. The van der Waals surface area contributed by atoms with E-state index in [1.807, 2.05) is 53.4 Å². The van der Waals surface area contributed by atoms with Crippen molar-refractivity contribution in [2.75, 3.05) is 49.8 Å². The van der Waals surface area contributed by atoms with Crippen LogP contribution in [-0.2, 0) is 20.7 Å². The van der Waals surface area contributed by atoms with E-state index in [4.69, 9.17) is 4.74 Å². The van der Waals surface area contributed by atoms with Crippen molar-refractivity contribution in [3.8, 4) is 0 Å². The molecule has 0 saturated carbocycles. The number of fused-ring (bicyclic) bond motifs is 2. The largest absolute Gasteiger partial charge is 0.383 e. The van der Waals surface area contributed by atoms with Gasteiger partial charge >= 0.3 is 0 Å². The molecule has 0 aromatic heterocycles. The summed E-state index contributed by atoms with van der Waals surface area (Å²) >= 11 is 0. The molecule has 3 aliphatic rings. The van der Waals surface area contributed by atoms with E-state index < -0.39 is 0 Å². The molecule has 0 radical (unpaired) electrons. The molecule has 1 N–H and O–H groups in total. The Kier molecular flexibility index (Phi) is 5.48. The minimum atomic E-state index is -0.306.